The zero-order valence-corrected chi connectivity index (χ0v) is 9.80. The number of halogens is 2. The number of Topliss-reactive ketones (excluding diaryl/α,β-unsaturated/α-hetero) is 1. The van der Waals surface area contributed by atoms with E-state index in [4.69, 9.17) is 11.6 Å². The van der Waals surface area contributed by atoms with Gasteiger partial charge in [0.15, 0.2) is 5.78 Å². The number of rotatable bonds is 5. The van der Waals surface area contributed by atoms with Gasteiger partial charge in [0.1, 0.15) is 11.9 Å². The van der Waals surface area contributed by atoms with Crippen LogP contribution in [0.4, 0.5) is 4.39 Å². The van der Waals surface area contributed by atoms with Crippen LogP contribution in [0.25, 0.3) is 0 Å². The van der Waals surface area contributed by atoms with Gasteiger partial charge in [-0.15, -0.1) is 0 Å². The number of aliphatic hydroxyl groups excluding tert-OH is 1. The molecule has 4 heteroatoms. The third-order valence-electron chi connectivity index (χ3n) is 2.31. The first-order valence-electron chi connectivity index (χ1n) is 5.19. The summed E-state index contributed by atoms with van der Waals surface area (Å²) in [5, 5.41) is 9.82. The Hall–Kier alpha value is -0.930. The predicted molar refractivity (Wildman–Crippen MR) is 61.0 cm³/mol. The molecule has 0 radical (unpaired) electrons. The Morgan fingerprint density at radius 2 is 2.25 bits per heavy atom. The molecule has 0 fully saturated rings. The summed E-state index contributed by atoms with van der Waals surface area (Å²) in [4.78, 5) is 11.5. The van der Waals surface area contributed by atoms with Crippen LogP contribution >= 0.6 is 11.6 Å². The normalized spacial score (nSPS) is 12.5. The van der Waals surface area contributed by atoms with Crippen molar-refractivity contribution in [2.24, 2.45) is 0 Å². The Morgan fingerprint density at radius 1 is 1.56 bits per heavy atom. The molecule has 0 saturated carbocycles. The van der Waals surface area contributed by atoms with Gasteiger partial charge in [-0.25, -0.2) is 4.39 Å². The van der Waals surface area contributed by atoms with Crippen molar-refractivity contribution in [3.05, 3.63) is 34.6 Å². The Balaban J connectivity index is 2.72. The molecule has 0 aliphatic heterocycles. The quantitative estimate of drug-likeness (QED) is 0.865. The number of ketones is 1. The Labute approximate surface area is 99.0 Å². The van der Waals surface area contributed by atoms with Crippen LogP contribution in [-0.4, -0.2) is 17.0 Å². The van der Waals surface area contributed by atoms with Gasteiger partial charge in [0, 0.05) is 11.4 Å². The van der Waals surface area contributed by atoms with Gasteiger partial charge >= 0.3 is 0 Å². The number of hydrogen-bond acceptors (Lipinski definition) is 2. The largest absolute Gasteiger partial charge is 0.385 e. The molecule has 0 aromatic heterocycles. The molecule has 0 heterocycles. The van der Waals surface area contributed by atoms with E-state index in [1.165, 1.54) is 18.2 Å². The van der Waals surface area contributed by atoms with Crippen LogP contribution in [0.5, 0.6) is 0 Å². The average molecular weight is 245 g/mol. The van der Waals surface area contributed by atoms with E-state index in [2.05, 4.69) is 0 Å². The summed E-state index contributed by atoms with van der Waals surface area (Å²) in [6, 6.07) is 4.05. The van der Waals surface area contributed by atoms with Crippen molar-refractivity contribution in [2.45, 2.75) is 32.3 Å². The molecule has 0 spiro atoms. The molecule has 1 N–H and O–H groups in total. The highest BCUT2D eigenvalue weighted by atomic mass is 35.5. The molecule has 16 heavy (non-hydrogen) atoms. The fourth-order valence-corrected chi connectivity index (χ4v) is 1.61. The van der Waals surface area contributed by atoms with Gasteiger partial charge in [-0.2, -0.15) is 0 Å². The fourth-order valence-electron chi connectivity index (χ4n) is 1.42. The van der Waals surface area contributed by atoms with Gasteiger partial charge < -0.3 is 5.11 Å². The molecule has 1 aromatic rings. The molecule has 0 amide bonds. The number of benzene rings is 1. The summed E-state index contributed by atoms with van der Waals surface area (Å²) in [7, 11) is 0. The number of carbonyl (C=O) groups excluding carboxylic acids is 1. The Bertz CT molecular complexity index is 379. The summed E-state index contributed by atoms with van der Waals surface area (Å²) in [5.41, 5.74) is 0.229. The van der Waals surface area contributed by atoms with E-state index in [0.29, 0.717) is 17.9 Å². The Morgan fingerprint density at radius 3 is 2.88 bits per heavy atom. The minimum absolute atomic E-state index is 0.118. The van der Waals surface area contributed by atoms with E-state index in [-0.39, 0.29) is 17.8 Å². The number of carbonyl (C=O) groups is 1. The lowest BCUT2D eigenvalue weighted by molar-refractivity contribution is -0.126. The van der Waals surface area contributed by atoms with Crippen molar-refractivity contribution in [3.8, 4) is 0 Å². The van der Waals surface area contributed by atoms with Gasteiger partial charge in [-0.05, 0) is 30.2 Å². The molecular formula is C12H14ClFO2. The topological polar surface area (TPSA) is 37.3 Å². The van der Waals surface area contributed by atoms with Crippen molar-refractivity contribution in [3.63, 3.8) is 0 Å². The SMILES string of the molecule is CCCC(O)C(=O)Cc1cc(Cl)ccc1F. The lowest BCUT2D eigenvalue weighted by Crippen LogP contribution is -2.22. The van der Waals surface area contributed by atoms with Crippen LogP contribution in [0.1, 0.15) is 25.3 Å². The molecule has 1 rings (SSSR count). The third kappa shape index (κ3) is 3.58. The van der Waals surface area contributed by atoms with Crippen LogP contribution in [0.3, 0.4) is 0 Å². The van der Waals surface area contributed by atoms with Crippen LogP contribution in [0, 0.1) is 5.82 Å². The molecule has 2 nitrogen and oxygen atoms in total. The maximum Gasteiger partial charge on any atom is 0.165 e. The van der Waals surface area contributed by atoms with Gasteiger partial charge in [-0.3, -0.25) is 4.79 Å². The second-order valence-electron chi connectivity index (χ2n) is 3.68. The monoisotopic (exact) mass is 244 g/mol. The zero-order chi connectivity index (χ0) is 12.1. The number of aliphatic hydroxyl groups is 1. The van der Waals surface area contributed by atoms with E-state index in [1.54, 1.807) is 0 Å². The molecule has 0 saturated heterocycles. The zero-order valence-electron chi connectivity index (χ0n) is 9.04. The van der Waals surface area contributed by atoms with Crippen LogP contribution in [-0.2, 0) is 11.2 Å². The molecule has 1 aromatic carbocycles. The smallest absolute Gasteiger partial charge is 0.165 e. The van der Waals surface area contributed by atoms with Crippen molar-refractivity contribution >= 4 is 17.4 Å². The fraction of sp³-hybridized carbons (Fsp3) is 0.417. The molecule has 1 atom stereocenters. The van der Waals surface area contributed by atoms with Crippen LogP contribution < -0.4 is 0 Å². The summed E-state index contributed by atoms with van der Waals surface area (Å²) in [6.07, 6.45) is -0.0112. The molecule has 88 valence electrons. The highest BCUT2D eigenvalue weighted by Crippen LogP contribution is 2.16. The molecule has 0 aliphatic carbocycles. The summed E-state index contributed by atoms with van der Waals surface area (Å²) in [6.45, 7) is 1.87. The predicted octanol–water partition coefficient (Wildman–Crippen LogP) is 2.75. The van der Waals surface area contributed by atoms with Crippen molar-refractivity contribution in [1.29, 1.82) is 0 Å². The average Bonchev–Trinajstić information content (AvgIpc) is 2.23. The molecule has 0 aliphatic rings. The third-order valence-corrected chi connectivity index (χ3v) is 2.54. The van der Waals surface area contributed by atoms with E-state index < -0.39 is 11.9 Å². The van der Waals surface area contributed by atoms with Crippen molar-refractivity contribution in [1.82, 2.24) is 0 Å². The summed E-state index contributed by atoms with van der Waals surface area (Å²) < 4.78 is 13.3. The second kappa shape index (κ2) is 5.97. The summed E-state index contributed by atoms with van der Waals surface area (Å²) >= 11 is 5.70. The Kier molecular flexibility index (Phi) is 4.90. The standard InChI is InChI=1S/C12H14ClFO2/c1-2-3-11(15)12(16)7-8-6-9(13)4-5-10(8)14/h4-6,11,15H,2-3,7H2,1H3. The first kappa shape index (κ1) is 13.1. The van der Waals surface area contributed by atoms with Gasteiger partial charge in [0.2, 0.25) is 0 Å². The number of hydrogen-bond donors (Lipinski definition) is 1. The van der Waals surface area contributed by atoms with E-state index in [9.17, 15) is 14.3 Å². The van der Waals surface area contributed by atoms with Crippen LogP contribution in [0.15, 0.2) is 18.2 Å². The van der Waals surface area contributed by atoms with Crippen LogP contribution in [0.2, 0.25) is 5.02 Å². The second-order valence-corrected chi connectivity index (χ2v) is 4.12. The van der Waals surface area contributed by atoms with E-state index in [1.807, 2.05) is 6.92 Å². The minimum atomic E-state index is -1.01. The lowest BCUT2D eigenvalue weighted by atomic mass is 10.0. The van der Waals surface area contributed by atoms with Gasteiger partial charge in [0.05, 0.1) is 0 Å². The van der Waals surface area contributed by atoms with E-state index >= 15 is 0 Å². The first-order chi connectivity index (χ1) is 7.54. The maximum atomic E-state index is 13.3. The van der Waals surface area contributed by atoms with Crippen molar-refractivity contribution < 1.29 is 14.3 Å². The maximum absolute atomic E-state index is 13.3. The van der Waals surface area contributed by atoms with Crippen molar-refractivity contribution in [2.75, 3.05) is 0 Å². The highest BCUT2D eigenvalue weighted by Gasteiger charge is 2.16. The lowest BCUT2D eigenvalue weighted by Gasteiger charge is -2.08. The van der Waals surface area contributed by atoms with Gasteiger partial charge in [0.25, 0.3) is 0 Å². The molecule has 1 unspecified atom stereocenters. The first-order valence-corrected chi connectivity index (χ1v) is 5.57. The minimum Gasteiger partial charge on any atom is -0.385 e. The van der Waals surface area contributed by atoms with E-state index in [0.717, 1.165) is 0 Å². The molecule has 0 bridgehead atoms. The summed E-state index contributed by atoms with van der Waals surface area (Å²) in [5.74, 6) is -0.843. The molecular weight excluding hydrogens is 231 g/mol. The highest BCUT2D eigenvalue weighted by molar-refractivity contribution is 6.30. The van der Waals surface area contributed by atoms with Gasteiger partial charge in [-0.1, -0.05) is 24.9 Å².